The van der Waals surface area contributed by atoms with Crippen molar-refractivity contribution in [3.05, 3.63) is 42.0 Å². The van der Waals surface area contributed by atoms with Gasteiger partial charge in [0, 0.05) is 30.9 Å². The number of carbonyl (C=O) groups excluding carboxylic acids is 1. The van der Waals surface area contributed by atoms with E-state index in [4.69, 9.17) is 0 Å². The molecule has 0 bridgehead atoms. The van der Waals surface area contributed by atoms with E-state index in [0.717, 1.165) is 17.7 Å². The van der Waals surface area contributed by atoms with Crippen LogP contribution in [-0.4, -0.2) is 25.5 Å². The van der Waals surface area contributed by atoms with Crippen molar-refractivity contribution in [3.63, 3.8) is 0 Å². The van der Waals surface area contributed by atoms with E-state index in [-0.39, 0.29) is 11.9 Å². The van der Waals surface area contributed by atoms with Crippen molar-refractivity contribution in [2.75, 3.05) is 18.5 Å². The van der Waals surface area contributed by atoms with Gasteiger partial charge in [0.25, 0.3) is 0 Å². The van der Waals surface area contributed by atoms with Crippen LogP contribution in [0.4, 0.5) is 5.69 Å². The summed E-state index contributed by atoms with van der Waals surface area (Å²) in [6.45, 7) is 6.62. The molecule has 1 unspecified atom stereocenters. The van der Waals surface area contributed by atoms with E-state index in [1.165, 1.54) is 0 Å². The van der Waals surface area contributed by atoms with Gasteiger partial charge in [-0.25, -0.2) is 0 Å². The molecule has 3 heteroatoms. The van der Waals surface area contributed by atoms with Crippen molar-refractivity contribution in [1.82, 2.24) is 5.32 Å². The van der Waals surface area contributed by atoms with Crippen LogP contribution in [0.2, 0.25) is 0 Å². The normalized spacial score (nSPS) is 12.9. The van der Waals surface area contributed by atoms with Gasteiger partial charge in [-0.05, 0) is 32.4 Å². The Hall–Kier alpha value is -1.77. The summed E-state index contributed by atoms with van der Waals surface area (Å²) in [5, 5.41) is 2.97. The molecule has 0 aliphatic carbocycles. The SMILES string of the molecule is CC/C=C(/C)C(=O)NCC(C)N(C)c1ccccc1. The number of nitrogens with zero attached hydrogens (tertiary/aromatic N) is 1. The molecule has 0 saturated carbocycles. The lowest BCUT2D eigenvalue weighted by molar-refractivity contribution is -0.117. The molecule has 1 aromatic carbocycles. The Bertz CT molecular complexity index is 426. The number of benzene rings is 1. The van der Waals surface area contributed by atoms with Crippen LogP contribution in [0.5, 0.6) is 0 Å². The fourth-order valence-electron chi connectivity index (χ4n) is 1.83. The molecule has 0 fully saturated rings. The van der Waals surface area contributed by atoms with Crippen molar-refractivity contribution < 1.29 is 4.79 Å². The molecule has 0 heterocycles. The zero-order valence-electron chi connectivity index (χ0n) is 12.3. The van der Waals surface area contributed by atoms with Gasteiger partial charge in [0.2, 0.25) is 5.91 Å². The van der Waals surface area contributed by atoms with Crippen LogP contribution in [0.3, 0.4) is 0 Å². The van der Waals surface area contributed by atoms with E-state index in [2.05, 4.69) is 29.3 Å². The summed E-state index contributed by atoms with van der Waals surface area (Å²) >= 11 is 0. The van der Waals surface area contributed by atoms with Gasteiger partial charge in [-0.1, -0.05) is 31.2 Å². The van der Waals surface area contributed by atoms with Crippen LogP contribution in [0.1, 0.15) is 27.2 Å². The summed E-state index contributed by atoms with van der Waals surface area (Å²) in [4.78, 5) is 14.0. The number of hydrogen-bond acceptors (Lipinski definition) is 2. The average Bonchev–Trinajstić information content (AvgIpc) is 2.44. The highest BCUT2D eigenvalue weighted by atomic mass is 16.1. The van der Waals surface area contributed by atoms with Crippen LogP contribution in [-0.2, 0) is 4.79 Å². The summed E-state index contributed by atoms with van der Waals surface area (Å²) in [7, 11) is 2.04. The van der Waals surface area contributed by atoms with Gasteiger partial charge in [-0.15, -0.1) is 0 Å². The number of carbonyl (C=O) groups is 1. The first-order valence-electron chi connectivity index (χ1n) is 6.79. The maximum atomic E-state index is 11.8. The Morgan fingerprint density at radius 1 is 1.37 bits per heavy atom. The third kappa shape index (κ3) is 4.78. The molecule has 1 aromatic rings. The Kier molecular flexibility index (Phi) is 6.13. The molecule has 1 amide bonds. The van der Waals surface area contributed by atoms with E-state index in [1.54, 1.807) is 0 Å². The molecule has 1 rings (SSSR count). The third-order valence-corrected chi connectivity index (χ3v) is 3.25. The minimum atomic E-state index is 0.0233. The summed E-state index contributed by atoms with van der Waals surface area (Å²) in [6.07, 6.45) is 2.83. The molecule has 19 heavy (non-hydrogen) atoms. The number of para-hydroxylation sites is 1. The maximum absolute atomic E-state index is 11.8. The zero-order valence-corrected chi connectivity index (χ0v) is 12.3. The zero-order chi connectivity index (χ0) is 14.3. The van der Waals surface area contributed by atoms with Gasteiger partial charge < -0.3 is 10.2 Å². The standard InChI is InChI=1S/C16H24N2O/c1-5-9-13(2)16(19)17-12-14(3)18(4)15-10-7-6-8-11-15/h6-11,14H,5,12H2,1-4H3,(H,17,19)/b13-9-. The number of amides is 1. The van der Waals surface area contributed by atoms with E-state index in [1.807, 2.05) is 45.2 Å². The number of nitrogens with one attached hydrogen (secondary N) is 1. The second-order valence-electron chi connectivity index (χ2n) is 4.80. The van der Waals surface area contributed by atoms with E-state index >= 15 is 0 Å². The van der Waals surface area contributed by atoms with Gasteiger partial charge >= 0.3 is 0 Å². The number of rotatable bonds is 6. The molecule has 0 radical (unpaired) electrons. The average molecular weight is 260 g/mol. The second kappa shape index (κ2) is 7.62. The Balaban J connectivity index is 2.50. The van der Waals surface area contributed by atoms with Crippen LogP contribution >= 0.6 is 0 Å². The molecular formula is C16H24N2O. The molecule has 0 spiro atoms. The molecule has 104 valence electrons. The first-order chi connectivity index (χ1) is 9.06. The molecule has 3 nitrogen and oxygen atoms in total. The molecule has 1 N–H and O–H groups in total. The summed E-state index contributed by atoms with van der Waals surface area (Å²) in [5.74, 6) is 0.0233. The largest absolute Gasteiger partial charge is 0.370 e. The molecule has 1 atom stereocenters. The minimum Gasteiger partial charge on any atom is -0.370 e. The van der Waals surface area contributed by atoms with Crippen LogP contribution in [0.25, 0.3) is 0 Å². The van der Waals surface area contributed by atoms with Gasteiger partial charge in [0.15, 0.2) is 0 Å². The predicted molar refractivity (Wildman–Crippen MR) is 81.4 cm³/mol. The lowest BCUT2D eigenvalue weighted by Crippen LogP contribution is -2.40. The third-order valence-electron chi connectivity index (χ3n) is 3.25. The first kappa shape index (κ1) is 15.3. The topological polar surface area (TPSA) is 32.3 Å². The summed E-state index contributed by atoms with van der Waals surface area (Å²) < 4.78 is 0. The van der Waals surface area contributed by atoms with E-state index in [0.29, 0.717) is 6.54 Å². The Morgan fingerprint density at radius 2 is 2.00 bits per heavy atom. The van der Waals surface area contributed by atoms with Crippen molar-refractivity contribution in [3.8, 4) is 0 Å². The van der Waals surface area contributed by atoms with E-state index in [9.17, 15) is 4.79 Å². The second-order valence-corrected chi connectivity index (χ2v) is 4.80. The van der Waals surface area contributed by atoms with Crippen molar-refractivity contribution in [2.45, 2.75) is 33.2 Å². The highest BCUT2D eigenvalue weighted by molar-refractivity contribution is 5.92. The van der Waals surface area contributed by atoms with Gasteiger partial charge in [-0.3, -0.25) is 4.79 Å². The fraction of sp³-hybridized carbons (Fsp3) is 0.438. The van der Waals surface area contributed by atoms with Crippen molar-refractivity contribution in [2.24, 2.45) is 0 Å². The lowest BCUT2D eigenvalue weighted by atomic mass is 10.2. The molecule has 0 aliphatic rings. The molecule has 0 saturated heterocycles. The Labute approximate surface area is 116 Å². The highest BCUT2D eigenvalue weighted by Gasteiger charge is 2.11. The highest BCUT2D eigenvalue weighted by Crippen LogP contribution is 2.13. The summed E-state index contributed by atoms with van der Waals surface area (Å²) in [6, 6.07) is 10.4. The molecular weight excluding hydrogens is 236 g/mol. The molecule has 0 aromatic heterocycles. The maximum Gasteiger partial charge on any atom is 0.246 e. The number of likely N-dealkylation sites (N-methyl/N-ethyl adjacent to an activating group) is 1. The van der Waals surface area contributed by atoms with Crippen molar-refractivity contribution in [1.29, 1.82) is 0 Å². The molecule has 0 aliphatic heterocycles. The number of allylic oxidation sites excluding steroid dienone is 1. The fourth-order valence-corrected chi connectivity index (χ4v) is 1.83. The number of hydrogen-bond donors (Lipinski definition) is 1. The monoisotopic (exact) mass is 260 g/mol. The number of anilines is 1. The smallest absolute Gasteiger partial charge is 0.246 e. The van der Waals surface area contributed by atoms with Crippen LogP contribution in [0.15, 0.2) is 42.0 Å². The minimum absolute atomic E-state index is 0.0233. The Morgan fingerprint density at radius 3 is 2.58 bits per heavy atom. The van der Waals surface area contributed by atoms with Crippen molar-refractivity contribution >= 4 is 11.6 Å². The van der Waals surface area contributed by atoms with Crippen LogP contribution in [0, 0.1) is 0 Å². The van der Waals surface area contributed by atoms with Gasteiger partial charge in [-0.2, -0.15) is 0 Å². The lowest BCUT2D eigenvalue weighted by Gasteiger charge is -2.27. The van der Waals surface area contributed by atoms with E-state index < -0.39 is 0 Å². The van der Waals surface area contributed by atoms with Gasteiger partial charge in [0.05, 0.1) is 0 Å². The predicted octanol–water partition coefficient (Wildman–Crippen LogP) is 2.98. The van der Waals surface area contributed by atoms with Crippen LogP contribution < -0.4 is 10.2 Å². The van der Waals surface area contributed by atoms with Gasteiger partial charge in [0.1, 0.15) is 0 Å². The quantitative estimate of drug-likeness (QED) is 0.798. The summed E-state index contributed by atoms with van der Waals surface area (Å²) in [5.41, 5.74) is 1.95. The first-order valence-corrected chi connectivity index (χ1v) is 6.79.